The number of hydrogen-bond donors (Lipinski definition) is 2. The molecule has 0 saturated carbocycles. The van der Waals surface area contributed by atoms with E-state index in [0.29, 0.717) is 48.6 Å². The molecule has 0 radical (unpaired) electrons. The van der Waals surface area contributed by atoms with Gasteiger partial charge in [0.25, 0.3) is 5.91 Å². The quantitative estimate of drug-likeness (QED) is 0.862. The Morgan fingerprint density at radius 2 is 2.16 bits per heavy atom. The zero-order valence-electron chi connectivity index (χ0n) is 13.6. The Kier molecular flexibility index (Phi) is 3.75. The third-order valence-corrected chi connectivity index (χ3v) is 4.03. The number of aromatic nitrogens is 3. The number of nitrogens with one attached hydrogen (secondary N) is 2. The molecule has 1 unspecified atom stereocenters. The number of amides is 2. The zero-order chi connectivity index (χ0) is 17.4. The van der Waals surface area contributed by atoms with Gasteiger partial charge in [-0.2, -0.15) is 10.1 Å². The molecule has 3 heterocycles. The lowest BCUT2D eigenvalue weighted by Gasteiger charge is -2.19. The van der Waals surface area contributed by atoms with E-state index in [1.54, 1.807) is 18.2 Å². The molecule has 1 aromatic heterocycles. The largest absolute Gasteiger partial charge is 0.486 e. The lowest BCUT2D eigenvalue weighted by Crippen LogP contribution is -2.24. The summed E-state index contributed by atoms with van der Waals surface area (Å²) in [4.78, 5) is 28.6. The standard InChI is InChI=1S/C16H17N5O4/c1-2-13-18-16-19-15(23)10(21(16)20-13)8-14(22)17-9-3-4-11-12(7-9)25-6-5-24-11/h3-4,7,10H,2,5-6,8H2,1H3,(H,17,22)(H,18,19,20,23). The fraction of sp³-hybridized carbons (Fsp3) is 0.375. The summed E-state index contributed by atoms with van der Waals surface area (Å²) in [6.45, 7) is 2.91. The second-order valence-electron chi connectivity index (χ2n) is 5.77. The fourth-order valence-corrected chi connectivity index (χ4v) is 2.81. The van der Waals surface area contributed by atoms with Crippen LogP contribution in [0.5, 0.6) is 11.5 Å². The topological polar surface area (TPSA) is 107 Å². The second-order valence-corrected chi connectivity index (χ2v) is 5.77. The van der Waals surface area contributed by atoms with Gasteiger partial charge >= 0.3 is 0 Å². The summed E-state index contributed by atoms with van der Waals surface area (Å²) in [5, 5.41) is 9.69. The highest BCUT2D eigenvalue weighted by molar-refractivity contribution is 6.01. The van der Waals surface area contributed by atoms with Gasteiger partial charge in [0, 0.05) is 18.2 Å². The van der Waals surface area contributed by atoms with Gasteiger partial charge in [-0.05, 0) is 12.1 Å². The number of anilines is 2. The first-order chi connectivity index (χ1) is 12.1. The van der Waals surface area contributed by atoms with Gasteiger partial charge in [0.15, 0.2) is 17.3 Å². The maximum Gasteiger partial charge on any atom is 0.252 e. The summed E-state index contributed by atoms with van der Waals surface area (Å²) < 4.78 is 12.4. The third-order valence-electron chi connectivity index (χ3n) is 4.03. The van der Waals surface area contributed by atoms with E-state index in [2.05, 4.69) is 20.7 Å². The highest BCUT2D eigenvalue weighted by Gasteiger charge is 2.34. The average Bonchev–Trinajstić information content (AvgIpc) is 3.13. The molecule has 4 rings (SSSR count). The summed E-state index contributed by atoms with van der Waals surface area (Å²) >= 11 is 0. The van der Waals surface area contributed by atoms with Crippen molar-refractivity contribution in [2.45, 2.75) is 25.8 Å². The van der Waals surface area contributed by atoms with E-state index in [-0.39, 0.29) is 18.2 Å². The van der Waals surface area contributed by atoms with Crippen LogP contribution in [0.4, 0.5) is 11.6 Å². The Bertz CT molecular complexity index is 847. The Balaban J connectivity index is 1.46. The van der Waals surface area contributed by atoms with E-state index >= 15 is 0 Å². The van der Waals surface area contributed by atoms with Gasteiger partial charge in [0.2, 0.25) is 11.9 Å². The fourth-order valence-electron chi connectivity index (χ4n) is 2.81. The molecule has 2 amide bonds. The van der Waals surface area contributed by atoms with Crippen LogP contribution in [0.1, 0.15) is 25.2 Å². The Hall–Kier alpha value is -3.10. The number of rotatable bonds is 4. The van der Waals surface area contributed by atoms with Crippen LogP contribution in [-0.2, 0) is 16.0 Å². The first kappa shape index (κ1) is 15.4. The van der Waals surface area contributed by atoms with Crippen LogP contribution < -0.4 is 20.1 Å². The highest BCUT2D eigenvalue weighted by Crippen LogP contribution is 2.33. The average molecular weight is 343 g/mol. The molecule has 9 nitrogen and oxygen atoms in total. The molecule has 2 aliphatic rings. The monoisotopic (exact) mass is 343 g/mol. The summed E-state index contributed by atoms with van der Waals surface area (Å²) in [5.74, 6) is 1.69. The molecule has 1 aromatic carbocycles. The molecular weight excluding hydrogens is 326 g/mol. The third kappa shape index (κ3) is 2.88. The van der Waals surface area contributed by atoms with Crippen molar-refractivity contribution in [2.75, 3.05) is 23.8 Å². The normalized spacial score (nSPS) is 17.8. The SMILES string of the molecule is CCc1nc2n(n1)C(CC(=O)Nc1ccc3c(c1)OCCO3)C(=O)N2. The van der Waals surface area contributed by atoms with Crippen molar-refractivity contribution in [1.82, 2.24) is 14.8 Å². The van der Waals surface area contributed by atoms with Crippen LogP contribution in [0.25, 0.3) is 0 Å². The molecule has 2 aliphatic heterocycles. The van der Waals surface area contributed by atoms with Gasteiger partial charge in [0.05, 0.1) is 6.42 Å². The predicted octanol–water partition coefficient (Wildman–Crippen LogP) is 1.13. The zero-order valence-corrected chi connectivity index (χ0v) is 13.6. The van der Waals surface area contributed by atoms with Gasteiger partial charge in [-0.15, -0.1) is 0 Å². The minimum absolute atomic E-state index is 0.0280. The summed E-state index contributed by atoms with van der Waals surface area (Å²) in [6.07, 6.45) is 0.631. The van der Waals surface area contributed by atoms with Gasteiger partial charge in [0.1, 0.15) is 19.3 Å². The van der Waals surface area contributed by atoms with Crippen molar-refractivity contribution in [3.05, 3.63) is 24.0 Å². The molecule has 25 heavy (non-hydrogen) atoms. The lowest BCUT2D eigenvalue weighted by atomic mass is 10.2. The van der Waals surface area contributed by atoms with Crippen LogP contribution >= 0.6 is 0 Å². The number of nitrogens with zero attached hydrogens (tertiary/aromatic N) is 3. The molecule has 9 heteroatoms. The summed E-state index contributed by atoms with van der Waals surface area (Å²) in [7, 11) is 0. The van der Waals surface area contributed by atoms with E-state index in [4.69, 9.17) is 9.47 Å². The first-order valence-electron chi connectivity index (χ1n) is 8.10. The van der Waals surface area contributed by atoms with Crippen LogP contribution in [0.15, 0.2) is 18.2 Å². The molecule has 0 fully saturated rings. The predicted molar refractivity (Wildman–Crippen MR) is 87.7 cm³/mol. The molecule has 0 spiro atoms. The minimum Gasteiger partial charge on any atom is -0.486 e. The van der Waals surface area contributed by atoms with Crippen molar-refractivity contribution in [3.63, 3.8) is 0 Å². The maximum absolute atomic E-state index is 12.3. The summed E-state index contributed by atoms with van der Waals surface area (Å²) in [6, 6.07) is 4.49. The number of ether oxygens (including phenoxy) is 2. The number of carbonyl (C=O) groups excluding carboxylic acids is 2. The van der Waals surface area contributed by atoms with E-state index in [9.17, 15) is 9.59 Å². The van der Waals surface area contributed by atoms with Crippen molar-refractivity contribution >= 4 is 23.5 Å². The van der Waals surface area contributed by atoms with Crippen LogP contribution in [0.2, 0.25) is 0 Å². The molecule has 0 bridgehead atoms. The summed E-state index contributed by atoms with van der Waals surface area (Å²) in [5.41, 5.74) is 0.584. The van der Waals surface area contributed by atoms with Gasteiger partial charge in [-0.3, -0.25) is 14.9 Å². The number of hydrogen-bond acceptors (Lipinski definition) is 6. The van der Waals surface area contributed by atoms with Gasteiger partial charge in [-0.1, -0.05) is 6.92 Å². The molecule has 1 atom stereocenters. The van der Waals surface area contributed by atoms with Crippen LogP contribution in [-0.4, -0.2) is 39.8 Å². The van der Waals surface area contributed by atoms with Gasteiger partial charge in [-0.25, -0.2) is 4.68 Å². The smallest absolute Gasteiger partial charge is 0.252 e. The Labute approximate surface area is 143 Å². The first-order valence-corrected chi connectivity index (χ1v) is 8.10. The molecule has 130 valence electrons. The Morgan fingerprint density at radius 1 is 1.36 bits per heavy atom. The molecular formula is C16H17N5O4. The van der Waals surface area contributed by atoms with Gasteiger partial charge < -0.3 is 14.8 Å². The van der Waals surface area contributed by atoms with Crippen LogP contribution in [0.3, 0.4) is 0 Å². The molecule has 0 aliphatic carbocycles. The number of carbonyl (C=O) groups is 2. The van der Waals surface area contributed by atoms with Crippen molar-refractivity contribution < 1.29 is 19.1 Å². The number of fused-ring (bicyclic) bond motifs is 2. The van der Waals surface area contributed by atoms with Crippen molar-refractivity contribution in [1.29, 1.82) is 0 Å². The molecule has 2 N–H and O–H groups in total. The van der Waals surface area contributed by atoms with E-state index in [1.165, 1.54) is 4.68 Å². The van der Waals surface area contributed by atoms with E-state index in [1.807, 2.05) is 6.92 Å². The lowest BCUT2D eigenvalue weighted by molar-refractivity contribution is -0.123. The Morgan fingerprint density at radius 3 is 2.96 bits per heavy atom. The van der Waals surface area contributed by atoms with E-state index in [0.717, 1.165) is 0 Å². The highest BCUT2D eigenvalue weighted by atomic mass is 16.6. The van der Waals surface area contributed by atoms with Crippen molar-refractivity contribution in [2.24, 2.45) is 0 Å². The molecule has 0 saturated heterocycles. The minimum atomic E-state index is -0.694. The van der Waals surface area contributed by atoms with Crippen LogP contribution in [0, 0.1) is 0 Å². The van der Waals surface area contributed by atoms with Crippen molar-refractivity contribution in [3.8, 4) is 11.5 Å². The maximum atomic E-state index is 12.3. The van der Waals surface area contributed by atoms with E-state index < -0.39 is 6.04 Å². The number of aryl methyl sites for hydroxylation is 1. The number of benzene rings is 1. The second kappa shape index (κ2) is 6.08. The molecule has 2 aromatic rings.